The second-order valence-electron chi connectivity index (χ2n) is 26.9. The van der Waals surface area contributed by atoms with Gasteiger partial charge in [-0.3, -0.25) is 43.5 Å². The van der Waals surface area contributed by atoms with E-state index in [4.69, 9.17) is 37.4 Å². The number of hydrogen-bond acceptors (Lipinski definition) is 16. The molecule has 2 aliphatic rings. The summed E-state index contributed by atoms with van der Waals surface area (Å²) in [5, 5.41) is 29.9. The molecule has 0 spiro atoms. The van der Waals surface area contributed by atoms with Gasteiger partial charge in [0.2, 0.25) is 0 Å². The molecule has 11 aromatic rings. The van der Waals surface area contributed by atoms with Crippen molar-refractivity contribution in [3.8, 4) is 22.9 Å². The minimum absolute atomic E-state index is 0.0468. The van der Waals surface area contributed by atoms with Crippen LogP contribution < -0.4 is 57.9 Å². The molecule has 0 saturated heterocycles. The molecule has 0 bridgehead atoms. The summed E-state index contributed by atoms with van der Waals surface area (Å²) in [6.07, 6.45) is 9.31. The molecule has 0 fully saturated rings. The maximum atomic E-state index is 14.0. The van der Waals surface area contributed by atoms with Crippen molar-refractivity contribution in [3.63, 3.8) is 0 Å². The number of quaternary nitrogens is 2. The van der Waals surface area contributed by atoms with Crippen LogP contribution in [0, 0.1) is 71.8 Å². The molecule has 572 valence electrons. The van der Waals surface area contributed by atoms with Gasteiger partial charge in [0.05, 0.1) is 35.4 Å². The van der Waals surface area contributed by atoms with Gasteiger partial charge in [-0.25, -0.2) is 18.2 Å². The smallest absolute Gasteiger partial charge is 0.277 e. The molecular formula is C83H83BrCl2F3N11O10. The number of pyridine rings is 7. The SMILES string of the molecule is CC1=CN[C@@H](C(=O)[O-])C[C@H]1n1c(C)cc(OCc2ncc(C)cc2F)c(Cl)c1=O.C[C@H]([NH3+])c1ccc2ccccc2c1.C[C@H]([NH3+])c1ccc2ccccc2c1.Cc1cnc(COc2cc(C)n(-c3cc(Br)ncc3C)c(=O)c2)c(F)c1.Cc1cnc(COc2cc(C)n(C3=CC(C(=O)[O-])=NC[C@@H]3C)c(=O)c2Cl)c(F)c1. The van der Waals surface area contributed by atoms with Gasteiger partial charge in [0.25, 0.3) is 16.7 Å². The number of carbonyl (C=O) groups is 2. The molecule has 27 heteroatoms. The highest BCUT2D eigenvalue weighted by molar-refractivity contribution is 9.10. The molecule has 0 unspecified atom stereocenters. The lowest BCUT2D eigenvalue weighted by Gasteiger charge is -2.32. The maximum absolute atomic E-state index is 14.0. The summed E-state index contributed by atoms with van der Waals surface area (Å²) in [6.45, 7) is 19.9. The number of aryl methyl sites for hydroxylation is 7. The van der Waals surface area contributed by atoms with Crippen LogP contribution in [-0.2, 0) is 29.4 Å². The Morgan fingerprint density at radius 3 is 1.55 bits per heavy atom. The molecule has 0 radical (unpaired) electrons. The van der Waals surface area contributed by atoms with Crippen molar-refractivity contribution in [2.45, 2.75) is 127 Å². The van der Waals surface area contributed by atoms with Crippen molar-refractivity contribution in [1.29, 1.82) is 0 Å². The van der Waals surface area contributed by atoms with E-state index in [0.29, 0.717) is 56.3 Å². The van der Waals surface area contributed by atoms with E-state index in [1.54, 1.807) is 82.9 Å². The summed E-state index contributed by atoms with van der Waals surface area (Å²) >= 11 is 15.8. The fraction of sp³-hybridized carbons (Fsp3) is 0.253. The van der Waals surface area contributed by atoms with E-state index in [1.165, 1.54) is 90.6 Å². The van der Waals surface area contributed by atoms with Crippen LogP contribution in [0.4, 0.5) is 13.2 Å². The first-order valence-corrected chi connectivity index (χ1v) is 36.5. The number of halogens is 6. The molecule has 110 heavy (non-hydrogen) atoms. The third-order valence-corrected chi connectivity index (χ3v) is 19.1. The van der Waals surface area contributed by atoms with Gasteiger partial charge in [-0.1, -0.05) is 103 Å². The van der Waals surface area contributed by atoms with Gasteiger partial charge in [0, 0.05) is 95.4 Å². The Labute approximate surface area is 651 Å². The molecule has 13 rings (SSSR count). The normalized spacial score (nSPS) is 14.9. The number of nitrogens with zero attached hydrogens (tertiary/aromatic N) is 8. The summed E-state index contributed by atoms with van der Waals surface area (Å²) in [6, 6.07) is 41.3. The van der Waals surface area contributed by atoms with Crippen molar-refractivity contribution in [2.24, 2.45) is 10.9 Å². The first-order valence-electron chi connectivity index (χ1n) is 34.9. The highest BCUT2D eigenvalue weighted by atomic mass is 79.9. The van der Waals surface area contributed by atoms with Gasteiger partial charge >= 0.3 is 0 Å². The molecule has 0 aliphatic carbocycles. The summed E-state index contributed by atoms with van der Waals surface area (Å²) in [5.74, 6) is -3.74. The van der Waals surface area contributed by atoms with Crippen LogP contribution in [-0.4, -0.2) is 63.9 Å². The van der Waals surface area contributed by atoms with E-state index in [1.807, 2.05) is 20.8 Å². The minimum Gasteiger partial charge on any atom is -0.548 e. The minimum atomic E-state index is -1.42. The number of ether oxygens (including phenoxy) is 3. The molecule has 9 heterocycles. The predicted octanol–water partition coefficient (Wildman–Crippen LogP) is 12.0. The highest BCUT2D eigenvalue weighted by Gasteiger charge is 2.28. The zero-order valence-electron chi connectivity index (χ0n) is 62.4. The standard InChI is InChI=1S/C20H21ClFN3O4.C20H19ClFN3O4.C19H17BrFN3O2.2C12H13N/c2*1-10-4-13(22)15(23-7-10)9-29-17-5-12(3)25(19(26)18(17)21)16-6-14(20(27)28)24-8-11(16)2;1-11-4-15(21)16(22-8-11)10-26-14-5-13(3)24(19(25)6-14)17-7-18(20)23-9-12(17)2;2*1-9(13)11-7-6-10-4-2-3-5-12(10)8-11/h4-5,7-8,14,16,24H,6,9H2,1-3H3,(H,27,28);4-7,11H,8-9H2,1-3H3,(H,27,28);4-9H,10H2,1-3H3;2*2-9H,13H2,1H3/t14-,16-;11-;;2*9-/m10.00/s1. The lowest BCUT2D eigenvalue weighted by Crippen LogP contribution is -2.51. The van der Waals surface area contributed by atoms with E-state index in [0.717, 1.165) is 22.4 Å². The molecule has 7 aromatic heterocycles. The Morgan fingerprint density at radius 1 is 0.600 bits per heavy atom. The molecule has 0 saturated carbocycles. The predicted molar refractivity (Wildman–Crippen MR) is 418 cm³/mol. The number of carboxylic acids is 2. The van der Waals surface area contributed by atoms with Crippen molar-refractivity contribution < 1.29 is 58.7 Å². The van der Waals surface area contributed by atoms with Crippen molar-refractivity contribution in [3.05, 3.63) is 307 Å². The van der Waals surface area contributed by atoms with E-state index in [-0.39, 0.29) is 88.6 Å². The summed E-state index contributed by atoms with van der Waals surface area (Å²) in [7, 11) is 0. The summed E-state index contributed by atoms with van der Waals surface area (Å²) in [5.41, 5.74) is 16.1. The van der Waals surface area contributed by atoms with Crippen LogP contribution in [0.5, 0.6) is 17.2 Å². The van der Waals surface area contributed by atoms with Crippen molar-refractivity contribution in [2.75, 3.05) is 6.54 Å². The fourth-order valence-electron chi connectivity index (χ4n) is 11.9. The van der Waals surface area contributed by atoms with Crippen LogP contribution in [0.2, 0.25) is 10.0 Å². The molecular weight excluding hydrogens is 1520 g/mol. The molecule has 21 nitrogen and oxygen atoms in total. The zero-order chi connectivity index (χ0) is 79.9. The molecule has 2 aliphatic heterocycles. The van der Waals surface area contributed by atoms with E-state index in [9.17, 15) is 47.4 Å². The molecule has 7 N–H and O–H groups in total. The number of allylic oxidation sites excluding steroid dienone is 1. The third kappa shape index (κ3) is 21.0. The van der Waals surface area contributed by atoms with Crippen LogP contribution in [0.15, 0.2) is 200 Å². The monoisotopic (exact) mass is 1600 g/mol. The number of aliphatic carboxylic acids is 2. The Morgan fingerprint density at radius 2 is 1.07 bits per heavy atom. The second kappa shape index (κ2) is 37.3. The summed E-state index contributed by atoms with van der Waals surface area (Å²) in [4.78, 5) is 80.8. The van der Waals surface area contributed by atoms with Gasteiger partial charge < -0.3 is 55.4 Å². The average molecular weight is 1600 g/mol. The number of aromatic nitrogens is 7. The zero-order valence-corrected chi connectivity index (χ0v) is 65.5. The Hall–Kier alpha value is -11.1. The van der Waals surface area contributed by atoms with Gasteiger partial charge in [0.1, 0.15) is 98.3 Å². The van der Waals surface area contributed by atoms with Gasteiger partial charge in [-0.2, -0.15) is 0 Å². The largest absolute Gasteiger partial charge is 0.548 e. The number of hydrogen-bond donors (Lipinski definition) is 3. The van der Waals surface area contributed by atoms with Gasteiger partial charge in [-0.05, 0) is 190 Å². The molecule has 5 atom stereocenters. The quantitative estimate of drug-likeness (QED) is 0.0757. The van der Waals surface area contributed by atoms with E-state index >= 15 is 0 Å². The number of benzene rings is 4. The molecule has 0 amide bonds. The van der Waals surface area contributed by atoms with Crippen LogP contribution in [0.1, 0.15) is 120 Å². The number of carbonyl (C=O) groups excluding carboxylic acids is 2. The van der Waals surface area contributed by atoms with Crippen molar-refractivity contribution >= 4 is 84.0 Å². The van der Waals surface area contributed by atoms with Crippen LogP contribution in [0.3, 0.4) is 0 Å². The first-order chi connectivity index (χ1) is 52.3. The Bertz CT molecular complexity index is 5470. The van der Waals surface area contributed by atoms with E-state index in [2.05, 4.69) is 156 Å². The average Bonchev–Trinajstić information content (AvgIpc) is 0.785. The number of carboxylic acid groups (broad SMARTS) is 2. The first kappa shape index (κ1) is 83.0. The number of dihydropyridines is 1. The van der Waals surface area contributed by atoms with Gasteiger partial charge in [0.15, 0.2) is 0 Å². The lowest BCUT2D eigenvalue weighted by molar-refractivity contribution is -0.420. The maximum Gasteiger partial charge on any atom is 0.277 e. The Balaban J connectivity index is 0.000000164. The number of fused-ring (bicyclic) bond motifs is 2. The highest BCUT2D eigenvalue weighted by Crippen LogP contribution is 2.32. The number of aliphatic imine (C=N–C) groups is 1. The van der Waals surface area contributed by atoms with Crippen LogP contribution >= 0.6 is 39.1 Å². The van der Waals surface area contributed by atoms with Crippen molar-refractivity contribution in [1.82, 2.24) is 39.0 Å². The topological polar surface area (TPSA) is 305 Å². The second-order valence-corrected chi connectivity index (χ2v) is 28.5. The van der Waals surface area contributed by atoms with Gasteiger partial charge in [-0.15, -0.1) is 0 Å². The lowest BCUT2D eigenvalue weighted by atomic mass is 9.96. The number of nitrogens with one attached hydrogen (secondary N) is 1. The third-order valence-electron chi connectivity index (χ3n) is 18.0. The fourth-order valence-corrected chi connectivity index (χ4v) is 12.6. The van der Waals surface area contributed by atoms with E-state index < -0.39 is 52.6 Å². The Kier molecular flexibility index (Phi) is 28.2. The van der Waals surface area contributed by atoms with Crippen LogP contribution in [0.25, 0.3) is 32.9 Å². The number of rotatable bonds is 16. The summed E-state index contributed by atoms with van der Waals surface area (Å²) < 4.78 is 63.4. The molecule has 4 aromatic carbocycles.